The van der Waals surface area contributed by atoms with Crippen LogP contribution in [0.4, 0.5) is 4.79 Å². The third-order valence-electron chi connectivity index (χ3n) is 1.82. The second-order valence-corrected chi connectivity index (χ2v) is 3.39. The lowest BCUT2D eigenvalue weighted by Crippen LogP contribution is -2.45. The van der Waals surface area contributed by atoms with E-state index in [1.54, 1.807) is 13.8 Å². The van der Waals surface area contributed by atoms with Crippen LogP contribution in [0.5, 0.6) is 0 Å². The fourth-order valence-electron chi connectivity index (χ4n) is 1.01. The number of urea groups is 1. The van der Waals surface area contributed by atoms with Gasteiger partial charge in [-0.15, -0.1) is 10.7 Å². The van der Waals surface area contributed by atoms with E-state index in [9.17, 15) is 9.59 Å². The average molecular weight is 215 g/mol. The molecule has 0 bridgehead atoms. The minimum Gasteiger partial charge on any atom is -0.478 e. The van der Waals surface area contributed by atoms with E-state index in [1.165, 1.54) is 18.2 Å². The Morgan fingerprint density at radius 1 is 1.67 bits per heavy atom. The Balaban J connectivity index is 2.95. The van der Waals surface area contributed by atoms with E-state index in [0.717, 1.165) is 5.01 Å². The highest BCUT2D eigenvalue weighted by atomic mass is 16.4. The molecule has 15 heavy (non-hydrogen) atoms. The summed E-state index contributed by atoms with van der Waals surface area (Å²) in [7, 11) is 0. The second kappa shape index (κ2) is 4.28. The van der Waals surface area contributed by atoms with Crippen molar-refractivity contribution >= 4 is 12.0 Å². The van der Waals surface area contributed by atoms with Gasteiger partial charge in [-0.2, -0.15) is 0 Å². The van der Waals surface area contributed by atoms with Crippen molar-refractivity contribution in [1.29, 1.82) is 0 Å². The molecule has 1 rings (SSSR count). The van der Waals surface area contributed by atoms with Crippen LogP contribution in [0.2, 0.25) is 1.41 Å². The number of nitrogens with one attached hydrogen (secondary N) is 2. The van der Waals surface area contributed by atoms with Gasteiger partial charge in [-0.3, -0.25) is 5.42 Å². The molecule has 1 saturated heterocycles. The van der Waals surface area contributed by atoms with Crippen LogP contribution < -0.4 is 11.0 Å². The van der Waals surface area contributed by atoms with Crippen molar-refractivity contribution in [2.75, 3.05) is 0 Å². The summed E-state index contributed by atoms with van der Waals surface area (Å²) in [5, 5.41) is 11.1. The van der Waals surface area contributed by atoms with Gasteiger partial charge in [-0.25, -0.2) is 14.6 Å². The molecule has 1 fully saturated rings. The number of hydrogen-bond donors (Lipinski definition) is 3. The molecule has 3 N–H and O–H groups in total. The number of carboxylic acid groups (broad SMARTS) is 1. The minimum atomic E-state index is -1.11. The Morgan fingerprint density at radius 2 is 2.27 bits per heavy atom. The second-order valence-electron chi connectivity index (χ2n) is 3.39. The van der Waals surface area contributed by atoms with Gasteiger partial charge in [0.1, 0.15) is 0 Å². The molecule has 7 heteroatoms. The molecule has 0 aromatic heterocycles. The predicted octanol–water partition coefficient (Wildman–Crippen LogP) is 0.0450. The van der Waals surface area contributed by atoms with E-state index in [1.807, 2.05) is 0 Å². The van der Waals surface area contributed by atoms with E-state index in [-0.39, 0.29) is 11.6 Å². The van der Waals surface area contributed by atoms with Crippen LogP contribution in [0.15, 0.2) is 11.8 Å². The molecule has 0 atom stereocenters. The molecule has 2 amide bonds. The topological polar surface area (TPSA) is 84.9 Å². The fraction of sp³-hybridized carbons (Fsp3) is 0.500. The zero-order valence-corrected chi connectivity index (χ0v) is 8.76. The summed E-state index contributed by atoms with van der Waals surface area (Å²) in [4.78, 5) is 22.1. The van der Waals surface area contributed by atoms with E-state index < -0.39 is 12.0 Å². The summed E-state index contributed by atoms with van der Waals surface area (Å²) in [6.45, 7) is 4.98. The molecule has 1 aliphatic heterocycles. The summed E-state index contributed by atoms with van der Waals surface area (Å²) < 4.78 is 7.26. The molecule has 84 valence electrons. The molecule has 0 radical (unpaired) electrons. The first kappa shape index (κ1) is 9.94. The number of hydrazine groups is 3. The van der Waals surface area contributed by atoms with Crippen molar-refractivity contribution in [1.82, 2.24) is 21.1 Å². The van der Waals surface area contributed by atoms with Crippen LogP contribution in [-0.2, 0) is 4.79 Å². The molecular weight excluding hydrogens is 200 g/mol. The quantitative estimate of drug-likeness (QED) is 0.579. The highest BCUT2D eigenvalue weighted by Crippen LogP contribution is 2.09. The number of aliphatic carboxylic acids is 1. The normalized spacial score (nSPS) is 20.1. The van der Waals surface area contributed by atoms with Crippen molar-refractivity contribution in [3.05, 3.63) is 11.8 Å². The van der Waals surface area contributed by atoms with Crippen molar-refractivity contribution in [3.63, 3.8) is 0 Å². The monoisotopic (exact) mass is 215 g/mol. The Hall–Kier alpha value is -1.60. The van der Waals surface area contributed by atoms with E-state index in [2.05, 4.69) is 5.53 Å². The SMILES string of the molecule is [2H]N1NN(C(C)C)N(C=C(C)C(=O)O)C1=O. The predicted molar refractivity (Wildman–Crippen MR) is 51.9 cm³/mol. The van der Waals surface area contributed by atoms with Crippen LogP contribution in [0, 0.1) is 0 Å². The smallest absolute Gasteiger partial charge is 0.352 e. The molecule has 1 aliphatic rings. The third kappa shape index (κ3) is 2.45. The number of carbonyl (C=O) groups is 2. The van der Waals surface area contributed by atoms with Crippen LogP contribution in [0.25, 0.3) is 0 Å². The maximum Gasteiger partial charge on any atom is 0.352 e. The first-order valence-electron chi connectivity index (χ1n) is 4.88. The van der Waals surface area contributed by atoms with Gasteiger partial charge in [-0.1, -0.05) is 0 Å². The van der Waals surface area contributed by atoms with Gasteiger partial charge in [0.2, 0.25) is 0 Å². The van der Waals surface area contributed by atoms with Gasteiger partial charge in [-0.05, 0) is 20.8 Å². The van der Waals surface area contributed by atoms with Crippen LogP contribution in [0.1, 0.15) is 20.8 Å². The van der Waals surface area contributed by atoms with E-state index in [4.69, 9.17) is 6.52 Å². The molecular formula is C8H14N4O3. The molecule has 7 nitrogen and oxygen atoms in total. The number of nitrogens with zero attached hydrogens (tertiary/aromatic N) is 2. The molecule has 0 aromatic rings. The van der Waals surface area contributed by atoms with Crippen molar-refractivity contribution in [2.24, 2.45) is 0 Å². The summed E-state index contributed by atoms with van der Waals surface area (Å²) in [5.74, 6) is -1.11. The van der Waals surface area contributed by atoms with Crippen molar-refractivity contribution < 1.29 is 16.1 Å². The Morgan fingerprint density at radius 3 is 2.73 bits per heavy atom. The zero-order chi connectivity index (χ0) is 12.5. The summed E-state index contributed by atoms with van der Waals surface area (Å²) in [6.07, 6.45) is 1.17. The van der Waals surface area contributed by atoms with E-state index >= 15 is 0 Å². The van der Waals surface area contributed by atoms with Crippen LogP contribution >= 0.6 is 0 Å². The van der Waals surface area contributed by atoms with Gasteiger partial charge < -0.3 is 5.11 Å². The van der Waals surface area contributed by atoms with Gasteiger partial charge >= 0.3 is 12.0 Å². The number of amides is 2. The fourth-order valence-corrected chi connectivity index (χ4v) is 1.01. The van der Waals surface area contributed by atoms with Crippen LogP contribution in [-0.4, -0.2) is 33.3 Å². The van der Waals surface area contributed by atoms with Gasteiger partial charge in [0, 0.05) is 12.2 Å². The lowest BCUT2D eigenvalue weighted by Gasteiger charge is -2.25. The molecule has 0 spiro atoms. The number of carboxylic acids is 1. The number of hydrogen-bond acceptors (Lipinski definition) is 4. The first-order valence-corrected chi connectivity index (χ1v) is 4.44. The standard InChI is InChI=1S/C8H14N4O3/c1-5(2)12-10-9-8(15)11(12)4-6(3)7(13)14/h4-5,10H,1-3H3,(H,9,15)(H,13,14)/i/hD. The summed E-state index contributed by atoms with van der Waals surface area (Å²) in [5.41, 5.74) is 3.01. The molecule has 0 aromatic carbocycles. The summed E-state index contributed by atoms with van der Waals surface area (Å²) in [6, 6.07) is -0.758. The molecule has 0 aliphatic carbocycles. The minimum absolute atomic E-state index is 0.0103. The lowest BCUT2D eigenvalue weighted by molar-refractivity contribution is -0.132. The zero-order valence-electron chi connectivity index (χ0n) is 9.76. The van der Waals surface area contributed by atoms with E-state index in [0.29, 0.717) is 5.42 Å². The largest absolute Gasteiger partial charge is 0.478 e. The van der Waals surface area contributed by atoms with Crippen molar-refractivity contribution in [3.8, 4) is 0 Å². The average Bonchev–Trinajstić information content (AvgIpc) is 2.45. The van der Waals surface area contributed by atoms with Gasteiger partial charge in [0.25, 0.3) is 0 Å². The number of carbonyl (C=O) groups excluding carboxylic acids is 1. The highest BCUT2D eigenvalue weighted by Gasteiger charge is 2.29. The summed E-state index contributed by atoms with van der Waals surface area (Å²) >= 11 is 0. The van der Waals surface area contributed by atoms with Gasteiger partial charge in [0.05, 0.1) is 5.57 Å². The third-order valence-corrected chi connectivity index (χ3v) is 1.82. The first-order chi connectivity index (χ1) is 7.34. The van der Waals surface area contributed by atoms with Crippen molar-refractivity contribution in [2.45, 2.75) is 26.8 Å². The Kier molecular flexibility index (Phi) is 2.84. The number of rotatable bonds is 3. The van der Waals surface area contributed by atoms with Gasteiger partial charge in [0.15, 0.2) is 1.41 Å². The Labute approximate surface area is 88.7 Å². The highest BCUT2D eigenvalue weighted by molar-refractivity contribution is 5.86. The maximum absolute atomic E-state index is 11.5. The maximum atomic E-state index is 11.5. The lowest BCUT2D eigenvalue weighted by atomic mass is 10.3. The Bertz CT molecular complexity index is 344. The molecule has 0 saturated carbocycles. The molecule has 0 unspecified atom stereocenters. The van der Waals surface area contributed by atoms with Crippen LogP contribution in [0.3, 0.4) is 0 Å². The molecule has 1 heterocycles.